The zero-order valence-corrected chi connectivity index (χ0v) is 19.7. The number of thiophene rings is 1. The maximum absolute atomic E-state index is 12.1. The van der Waals surface area contributed by atoms with Crippen LogP contribution < -0.4 is 4.74 Å². The highest BCUT2D eigenvalue weighted by atomic mass is 32.1. The van der Waals surface area contributed by atoms with Gasteiger partial charge in [-0.15, -0.1) is 11.3 Å². The molecule has 6 nitrogen and oxygen atoms in total. The summed E-state index contributed by atoms with van der Waals surface area (Å²) >= 11 is 1.61. The molecule has 0 amide bonds. The molecule has 0 N–H and O–H groups in total. The molecule has 1 aromatic carbocycles. The van der Waals surface area contributed by atoms with Crippen molar-refractivity contribution in [2.45, 2.75) is 46.8 Å². The topological polar surface area (TPSA) is 64.8 Å². The summed E-state index contributed by atoms with van der Waals surface area (Å²) in [6.45, 7) is 9.23. The Morgan fingerprint density at radius 3 is 2.94 bits per heavy atom. The molecule has 7 heteroatoms. The average Bonchev–Trinajstić information content (AvgIpc) is 3.44. The summed E-state index contributed by atoms with van der Waals surface area (Å²) in [5, 5.41) is 2.01. The van der Waals surface area contributed by atoms with Crippen molar-refractivity contribution in [3.63, 3.8) is 0 Å². The molecule has 32 heavy (non-hydrogen) atoms. The lowest BCUT2D eigenvalue weighted by molar-refractivity contribution is -0.150. The number of ether oxygens (including phenoxy) is 2. The van der Waals surface area contributed by atoms with Gasteiger partial charge in [0.25, 0.3) is 0 Å². The third kappa shape index (κ3) is 5.40. The molecule has 1 unspecified atom stereocenters. The molecule has 0 bridgehead atoms. The van der Waals surface area contributed by atoms with Gasteiger partial charge in [0, 0.05) is 13.1 Å². The highest BCUT2D eigenvalue weighted by Crippen LogP contribution is 2.28. The minimum Gasteiger partial charge on any atom is -0.487 e. The van der Waals surface area contributed by atoms with Crippen molar-refractivity contribution in [3.8, 4) is 16.5 Å². The number of rotatable bonds is 8. The number of carbonyl (C=O) groups is 1. The largest absolute Gasteiger partial charge is 0.487 e. The van der Waals surface area contributed by atoms with E-state index in [0.29, 0.717) is 19.1 Å². The van der Waals surface area contributed by atoms with Crippen LogP contribution in [0.5, 0.6) is 5.75 Å². The number of carbonyl (C=O) groups excluding carboxylic acids is 1. The fraction of sp³-hybridized carbons (Fsp3) is 0.440. The first-order valence-corrected chi connectivity index (χ1v) is 12.0. The Morgan fingerprint density at radius 2 is 2.19 bits per heavy atom. The number of oxazole rings is 1. The van der Waals surface area contributed by atoms with Crippen LogP contribution in [0.25, 0.3) is 10.8 Å². The third-order valence-corrected chi connectivity index (χ3v) is 6.62. The van der Waals surface area contributed by atoms with E-state index in [4.69, 9.17) is 13.9 Å². The molecule has 1 saturated heterocycles. The van der Waals surface area contributed by atoms with E-state index in [0.717, 1.165) is 60.1 Å². The smallest absolute Gasteiger partial charge is 0.310 e. The van der Waals surface area contributed by atoms with Crippen molar-refractivity contribution < 1.29 is 18.7 Å². The second-order valence-corrected chi connectivity index (χ2v) is 9.16. The number of piperidine rings is 1. The summed E-state index contributed by atoms with van der Waals surface area (Å²) in [5.74, 6) is 2.19. The summed E-state index contributed by atoms with van der Waals surface area (Å²) in [5.41, 5.74) is 3.12. The van der Waals surface area contributed by atoms with Crippen LogP contribution >= 0.6 is 11.3 Å². The molecule has 0 aliphatic carbocycles. The monoisotopic (exact) mass is 454 g/mol. The van der Waals surface area contributed by atoms with Crippen molar-refractivity contribution in [1.82, 2.24) is 9.88 Å². The highest BCUT2D eigenvalue weighted by Gasteiger charge is 2.26. The predicted octanol–water partition coefficient (Wildman–Crippen LogP) is 5.37. The molecule has 0 saturated carbocycles. The summed E-state index contributed by atoms with van der Waals surface area (Å²) in [6.07, 6.45) is 1.94. The van der Waals surface area contributed by atoms with Crippen molar-refractivity contribution in [1.29, 1.82) is 0 Å². The first kappa shape index (κ1) is 22.6. The number of esters is 1. The summed E-state index contributed by atoms with van der Waals surface area (Å²) in [6, 6.07) is 10.3. The van der Waals surface area contributed by atoms with Crippen LogP contribution in [0.2, 0.25) is 0 Å². The second kappa shape index (κ2) is 10.3. The minimum atomic E-state index is -0.0671. The number of hydrogen-bond acceptors (Lipinski definition) is 7. The molecule has 3 heterocycles. The number of nitrogens with zero attached hydrogens (tertiary/aromatic N) is 2. The van der Waals surface area contributed by atoms with Crippen LogP contribution in [0.15, 0.2) is 40.1 Å². The van der Waals surface area contributed by atoms with Gasteiger partial charge in [-0.3, -0.25) is 9.69 Å². The maximum atomic E-state index is 12.1. The average molecular weight is 455 g/mol. The molecular formula is C25H30N2O4S. The lowest BCUT2D eigenvalue weighted by atomic mass is 9.97. The Labute approximate surface area is 193 Å². The van der Waals surface area contributed by atoms with Gasteiger partial charge < -0.3 is 13.9 Å². The van der Waals surface area contributed by atoms with Crippen LogP contribution in [0, 0.1) is 19.8 Å². The molecule has 170 valence electrons. The Kier molecular flexibility index (Phi) is 7.27. The van der Waals surface area contributed by atoms with Gasteiger partial charge >= 0.3 is 5.97 Å². The van der Waals surface area contributed by atoms with Crippen LogP contribution in [0.3, 0.4) is 0 Å². The Balaban J connectivity index is 1.35. The van der Waals surface area contributed by atoms with Gasteiger partial charge in [-0.05, 0) is 68.8 Å². The van der Waals surface area contributed by atoms with E-state index in [-0.39, 0.29) is 11.9 Å². The molecule has 1 fully saturated rings. The summed E-state index contributed by atoms with van der Waals surface area (Å²) in [4.78, 5) is 20.1. The van der Waals surface area contributed by atoms with E-state index in [9.17, 15) is 4.79 Å². The van der Waals surface area contributed by atoms with E-state index in [1.165, 1.54) is 5.56 Å². The zero-order valence-electron chi connectivity index (χ0n) is 18.9. The van der Waals surface area contributed by atoms with Crippen LogP contribution in [-0.2, 0) is 22.7 Å². The van der Waals surface area contributed by atoms with Crippen LogP contribution in [0.4, 0.5) is 0 Å². The number of aromatic nitrogens is 1. The lowest BCUT2D eigenvalue weighted by Crippen LogP contribution is -2.38. The van der Waals surface area contributed by atoms with E-state index >= 15 is 0 Å². The highest BCUT2D eigenvalue weighted by molar-refractivity contribution is 7.13. The van der Waals surface area contributed by atoms with E-state index in [1.54, 1.807) is 11.3 Å². The Bertz CT molecular complexity index is 1040. The Hall–Kier alpha value is -2.64. The van der Waals surface area contributed by atoms with Crippen LogP contribution in [-0.4, -0.2) is 35.5 Å². The summed E-state index contributed by atoms with van der Waals surface area (Å²) in [7, 11) is 0. The fourth-order valence-corrected chi connectivity index (χ4v) is 4.74. The second-order valence-electron chi connectivity index (χ2n) is 8.21. The Morgan fingerprint density at radius 1 is 1.31 bits per heavy atom. The third-order valence-electron chi connectivity index (χ3n) is 5.76. The summed E-state index contributed by atoms with van der Waals surface area (Å²) < 4.78 is 17.1. The van der Waals surface area contributed by atoms with Crippen molar-refractivity contribution in [3.05, 3.63) is 58.3 Å². The van der Waals surface area contributed by atoms with E-state index in [1.807, 2.05) is 37.4 Å². The standard InChI is InChI=1S/C25H30N2O4S/c1-4-29-25(28)20-7-5-11-27(15-20)14-19-9-10-22(17(2)13-19)30-16-21-18(3)31-24(26-21)23-8-6-12-32-23/h6,8-10,12-13,20H,4-5,7,11,14-16H2,1-3H3. The molecular weight excluding hydrogens is 424 g/mol. The first-order chi connectivity index (χ1) is 15.5. The molecule has 3 aromatic rings. The quantitative estimate of drug-likeness (QED) is 0.426. The fourth-order valence-electron chi connectivity index (χ4n) is 4.10. The van der Waals surface area contributed by atoms with Gasteiger partial charge in [0.05, 0.1) is 17.4 Å². The number of likely N-dealkylation sites (tertiary alicyclic amines) is 1. The predicted molar refractivity (Wildman–Crippen MR) is 125 cm³/mol. The normalized spacial score (nSPS) is 16.8. The molecule has 2 aromatic heterocycles. The van der Waals surface area contributed by atoms with E-state index < -0.39 is 0 Å². The molecule has 0 radical (unpaired) electrons. The van der Waals surface area contributed by atoms with Crippen LogP contribution in [0.1, 0.15) is 42.3 Å². The molecule has 1 atom stereocenters. The van der Waals surface area contributed by atoms with Gasteiger partial charge in [0.15, 0.2) is 0 Å². The van der Waals surface area contributed by atoms with Crippen molar-refractivity contribution >= 4 is 17.3 Å². The van der Waals surface area contributed by atoms with Crippen molar-refractivity contribution in [2.24, 2.45) is 5.92 Å². The number of benzene rings is 1. The molecule has 1 aliphatic heterocycles. The van der Waals surface area contributed by atoms with Gasteiger partial charge in [-0.1, -0.05) is 18.2 Å². The van der Waals surface area contributed by atoms with Gasteiger partial charge in [0.2, 0.25) is 5.89 Å². The maximum Gasteiger partial charge on any atom is 0.310 e. The molecule has 4 rings (SSSR count). The SMILES string of the molecule is CCOC(=O)C1CCCN(Cc2ccc(OCc3nc(-c4cccs4)oc3C)c(C)c2)C1. The number of hydrogen-bond donors (Lipinski definition) is 0. The first-order valence-electron chi connectivity index (χ1n) is 11.1. The van der Waals surface area contributed by atoms with Gasteiger partial charge in [0.1, 0.15) is 23.8 Å². The number of aryl methyl sites for hydroxylation is 2. The van der Waals surface area contributed by atoms with Crippen molar-refractivity contribution in [2.75, 3.05) is 19.7 Å². The molecule has 1 aliphatic rings. The van der Waals surface area contributed by atoms with Gasteiger partial charge in [-0.2, -0.15) is 0 Å². The molecule has 0 spiro atoms. The van der Waals surface area contributed by atoms with Gasteiger partial charge in [-0.25, -0.2) is 4.98 Å². The minimum absolute atomic E-state index is 0.0165. The van der Waals surface area contributed by atoms with E-state index in [2.05, 4.69) is 28.9 Å². The lowest BCUT2D eigenvalue weighted by Gasteiger charge is -2.31. The zero-order chi connectivity index (χ0) is 22.5.